The smallest absolute Gasteiger partial charge is 0.229 e. The molecule has 12 N–H and O–H groups in total. The lowest BCUT2D eigenvalue weighted by molar-refractivity contribution is -0.352. The molecule has 3 saturated heterocycles. The molecule has 0 bridgehead atoms. The van der Waals surface area contributed by atoms with Crippen LogP contribution >= 0.6 is 0 Å². The first-order valence-corrected chi connectivity index (χ1v) is 16.4. The summed E-state index contributed by atoms with van der Waals surface area (Å²) < 4.78 is 39.0. The SMILES string of the molecule is O=c1cc(-c2ccc(O[C@@H]3OC(CO)[C@@H](O)[C@H](O)C3O)cc2)oc2cc(O[C@@H]3OC(CO)[C@@H](O[C@@H]4OC(CO)[C@@H](O)[C@H](O)C4O)[C@H](O)C3O)cc(O)c12. The summed E-state index contributed by atoms with van der Waals surface area (Å²) in [7, 11) is 0. The van der Waals surface area contributed by atoms with Gasteiger partial charge in [-0.3, -0.25) is 4.79 Å². The highest BCUT2D eigenvalue weighted by molar-refractivity contribution is 5.86. The highest BCUT2D eigenvalue weighted by Crippen LogP contribution is 2.35. The number of aliphatic hydroxyl groups is 11. The number of hydrogen-bond donors (Lipinski definition) is 12. The van der Waals surface area contributed by atoms with Crippen LogP contribution in [0.25, 0.3) is 22.3 Å². The fourth-order valence-corrected chi connectivity index (χ4v) is 6.24. The molecule has 3 aromatic rings. The zero-order valence-electron chi connectivity index (χ0n) is 27.5. The maximum Gasteiger partial charge on any atom is 0.229 e. The molecule has 3 aliphatic heterocycles. The van der Waals surface area contributed by atoms with Gasteiger partial charge in [-0.25, -0.2) is 0 Å². The third kappa shape index (κ3) is 7.71. The minimum absolute atomic E-state index is 0.0244. The standard InChI is InChI=1S/C33H40O20/c34-8-18-22(39)24(41)27(44)31(50-18)47-12-3-1-11(2-4-12)16-7-15(38)21-14(37)5-13(6-17(21)49-16)48-32-29(46)26(43)30(20(10-36)52-32)53-33-28(45)25(42)23(40)19(9-35)51-33/h1-7,18-20,22-37,39-46H,8-10H2/t18?,19?,20?,22-,23-,24+,25+,26-,27?,28?,29?,30-,31-,32-,33+/m1/s1. The van der Waals surface area contributed by atoms with E-state index in [1.54, 1.807) is 0 Å². The van der Waals surface area contributed by atoms with Crippen LogP contribution in [-0.4, -0.2) is 173 Å². The fourth-order valence-electron chi connectivity index (χ4n) is 6.24. The molecular weight excluding hydrogens is 716 g/mol. The lowest BCUT2D eigenvalue weighted by Gasteiger charge is -2.45. The topological polar surface area (TPSA) is 328 Å². The average Bonchev–Trinajstić information content (AvgIpc) is 3.14. The van der Waals surface area contributed by atoms with Gasteiger partial charge < -0.3 is 94.1 Å². The van der Waals surface area contributed by atoms with E-state index in [2.05, 4.69) is 0 Å². The summed E-state index contributed by atoms with van der Waals surface area (Å²) in [6.07, 6.45) is -24.4. The summed E-state index contributed by atoms with van der Waals surface area (Å²) in [5.74, 6) is -0.615. The van der Waals surface area contributed by atoms with Crippen molar-refractivity contribution >= 4 is 11.0 Å². The number of aromatic hydroxyl groups is 1. The van der Waals surface area contributed by atoms with E-state index in [4.69, 9.17) is 32.8 Å². The first kappa shape index (κ1) is 39.2. The quantitative estimate of drug-likeness (QED) is 0.0925. The van der Waals surface area contributed by atoms with Crippen LogP contribution in [0.1, 0.15) is 0 Å². The van der Waals surface area contributed by atoms with Gasteiger partial charge >= 0.3 is 0 Å². The van der Waals surface area contributed by atoms with Gasteiger partial charge in [-0.2, -0.15) is 0 Å². The summed E-state index contributed by atoms with van der Waals surface area (Å²) in [6.45, 7) is -2.22. The largest absolute Gasteiger partial charge is 0.507 e. The molecule has 6 rings (SSSR count). The number of phenols is 1. The Hall–Kier alpha value is -3.55. The second-order valence-electron chi connectivity index (χ2n) is 12.8. The van der Waals surface area contributed by atoms with Gasteiger partial charge in [0.2, 0.25) is 12.6 Å². The second kappa shape index (κ2) is 16.0. The molecule has 0 radical (unpaired) electrons. The molecule has 20 nitrogen and oxygen atoms in total. The van der Waals surface area contributed by atoms with Crippen LogP contribution in [0.15, 0.2) is 51.7 Å². The zero-order chi connectivity index (χ0) is 38.3. The highest BCUT2D eigenvalue weighted by Gasteiger charge is 2.51. The van der Waals surface area contributed by atoms with Crippen LogP contribution in [0.2, 0.25) is 0 Å². The van der Waals surface area contributed by atoms with E-state index in [1.807, 2.05) is 0 Å². The van der Waals surface area contributed by atoms with Crippen LogP contribution < -0.4 is 14.9 Å². The third-order valence-electron chi connectivity index (χ3n) is 9.24. The molecule has 3 fully saturated rings. The van der Waals surface area contributed by atoms with Gasteiger partial charge in [0.25, 0.3) is 0 Å². The van der Waals surface area contributed by atoms with Gasteiger partial charge in [-0.15, -0.1) is 0 Å². The molecule has 3 aliphatic rings. The molecule has 20 heteroatoms. The van der Waals surface area contributed by atoms with E-state index < -0.39 is 123 Å². The summed E-state index contributed by atoms with van der Waals surface area (Å²) in [5.41, 5.74) is -0.469. The van der Waals surface area contributed by atoms with Crippen LogP contribution in [0.5, 0.6) is 17.2 Å². The monoisotopic (exact) mass is 756 g/mol. The van der Waals surface area contributed by atoms with Gasteiger partial charge in [-0.1, -0.05) is 0 Å². The highest BCUT2D eigenvalue weighted by atomic mass is 16.7. The van der Waals surface area contributed by atoms with Crippen molar-refractivity contribution < 1.29 is 94.1 Å². The van der Waals surface area contributed by atoms with Crippen LogP contribution in [0.4, 0.5) is 0 Å². The van der Waals surface area contributed by atoms with Crippen molar-refractivity contribution in [3.63, 3.8) is 0 Å². The predicted octanol–water partition coefficient (Wildman–Crippen LogP) is -4.65. The van der Waals surface area contributed by atoms with Gasteiger partial charge in [0.15, 0.2) is 11.7 Å². The first-order valence-electron chi connectivity index (χ1n) is 16.4. The summed E-state index contributed by atoms with van der Waals surface area (Å²) in [5, 5.41) is 122. The molecule has 4 heterocycles. The number of ether oxygens (including phenoxy) is 6. The molecular formula is C33H40O20. The number of benzene rings is 2. The Labute approximate surface area is 298 Å². The maximum atomic E-state index is 13.0. The van der Waals surface area contributed by atoms with Crippen LogP contribution in [0, 0.1) is 0 Å². The van der Waals surface area contributed by atoms with Crippen molar-refractivity contribution in [3.05, 3.63) is 52.7 Å². The van der Waals surface area contributed by atoms with E-state index in [-0.39, 0.29) is 28.2 Å². The van der Waals surface area contributed by atoms with Crippen molar-refractivity contribution in [2.75, 3.05) is 19.8 Å². The Morgan fingerprint density at radius 1 is 0.566 bits per heavy atom. The Morgan fingerprint density at radius 2 is 1.08 bits per heavy atom. The average molecular weight is 757 g/mol. The van der Waals surface area contributed by atoms with Crippen molar-refractivity contribution in [1.29, 1.82) is 0 Å². The second-order valence-corrected chi connectivity index (χ2v) is 12.8. The van der Waals surface area contributed by atoms with Crippen molar-refractivity contribution in [2.24, 2.45) is 0 Å². The van der Waals surface area contributed by atoms with Crippen molar-refractivity contribution in [3.8, 4) is 28.6 Å². The van der Waals surface area contributed by atoms with Gasteiger partial charge in [0.1, 0.15) is 107 Å². The molecule has 6 unspecified atom stereocenters. The minimum Gasteiger partial charge on any atom is -0.507 e. The lowest BCUT2D eigenvalue weighted by Crippen LogP contribution is -2.65. The van der Waals surface area contributed by atoms with Crippen molar-refractivity contribution in [2.45, 2.75) is 92.1 Å². The van der Waals surface area contributed by atoms with Gasteiger partial charge in [0.05, 0.1) is 19.8 Å². The van der Waals surface area contributed by atoms with E-state index in [0.717, 1.165) is 12.1 Å². The molecule has 0 amide bonds. The first-order chi connectivity index (χ1) is 25.3. The number of fused-ring (bicyclic) bond motifs is 1. The third-order valence-corrected chi connectivity index (χ3v) is 9.24. The van der Waals surface area contributed by atoms with E-state index >= 15 is 0 Å². The fraction of sp³-hybridized carbons (Fsp3) is 0.545. The van der Waals surface area contributed by atoms with E-state index in [1.165, 1.54) is 30.3 Å². The molecule has 2 aromatic carbocycles. The molecule has 15 atom stereocenters. The molecule has 0 aliphatic carbocycles. The Morgan fingerprint density at radius 3 is 1.66 bits per heavy atom. The van der Waals surface area contributed by atoms with Crippen LogP contribution in [0.3, 0.4) is 0 Å². The lowest BCUT2D eigenvalue weighted by atomic mass is 9.97. The van der Waals surface area contributed by atoms with Crippen LogP contribution in [-0.2, 0) is 18.9 Å². The normalized spacial score (nSPS) is 37.8. The predicted molar refractivity (Wildman–Crippen MR) is 171 cm³/mol. The number of rotatable bonds is 10. The molecule has 0 spiro atoms. The van der Waals surface area contributed by atoms with E-state index in [0.29, 0.717) is 5.56 Å². The Balaban J connectivity index is 1.17. The van der Waals surface area contributed by atoms with Gasteiger partial charge in [0, 0.05) is 23.8 Å². The number of aliphatic hydroxyl groups excluding tert-OH is 11. The maximum absolute atomic E-state index is 13.0. The minimum atomic E-state index is -1.90. The van der Waals surface area contributed by atoms with Gasteiger partial charge in [-0.05, 0) is 24.3 Å². The molecule has 1 aromatic heterocycles. The summed E-state index contributed by atoms with van der Waals surface area (Å²) >= 11 is 0. The van der Waals surface area contributed by atoms with Crippen molar-refractivity contribution in [1.82, 2.24) is 0 Å². The Kier molecular flexibility index (Phi) is 11.9. The zero-order valence-corrected chi connectivity index (χ0v) is 27.5. The Bertz CT molecular complexity index is 1750. The number of hydrogen-bond acceptors (Lipinski definition) is 20. The number of phenolic OH excluding ortho intramolecular Hbond substituents is 1. The molecule has 292 valence electrons. The molecule has 53 heavy (non-hydrogen) atoms. The van der Waals surface area contributed by atoms with E-state index in [9.17, 15) is 66.1 Å². The molecule has 0 saturated carbocycles. The summed E-state index contributed by atoms with van der Waals surface area (Å²) in [4.78, 5) is 13.0. The summed E-state index contributed by atoms with van der Waals surface area (Å²) in [6, 6.07) is 9.15.